The molecule has 0 bridgehead atoms. The predicted octanol–water partition coefficient (Wildman–Crippen LogP) is 2.84. The number of alkyl halides is 2. The third-order valence-corrected chi connectivity index (χ3v) is 2.98. The number of halogens is 2. The molecule has 0 aliphatic heterocycles. The molecule has 4 heteroatoms. The normalized spacial score (nSPS) is 12.4. The van der Waals surface area contributed by atoms with Crippen LogP contribution >= 0.6 is 0 Å². The first-order chi connectivity index (χ1) is 8.47. The summed E-state index contributed by atoms with van der Waals surface area (Å²) in [5.74, 6) is -2.82. The molecule has 0 amide bonds. The van der Waals surface area contributed by atoms with Crippen LogP contribution in [0.2, 0.25) is 0 Å². The van der Waals surface area contributed by atoms with E-state index in [0.717, 1.165) is 6.42 Å². The van der Waals surface area contributed by atoms with Crippen molar-refractivity contribution in [2.75, 3.05) is 19.6 Å². The Morgan fingerprint density at radius 2 is 1.83 bits per heavy atom. The van der Waals surface area contributed by atoms with Crippen LogP contribution < -0.4 is 5.73 Å². The van der Waals surface area contributed by atoms with Crippen molar-refractivity contribution >= 4 is 0 Å². The van der Waals surface area contributed by atoms with Gasteiger partial charge in [0, 0.05) is 11.6 Å². The number of hydrogen-bond acceptors (Lipinski definition) is 2. The molecule has 18 heavy (non-hydrogen) atoms. The zero-order valence-corrected chi connectivity index (χ0v) is 11.1. The van der Waals surface area contributed by atoms with E-state index in [1.807, 2.05) is 13.8 Å². The maximum absolute atomic E-state index is 14.1. The molecule has 0 spiro atoms. The molecule has 0 unspecified atom stereocenters. The van der Waals surface area contributed by atoms with Crippen LogP contribution in [0.25, 0.3) is 0 Å². The first-order valence-electron chi connectivity index (χ1n) is 6.35. The lowest BCUT2D eigenvalue weighted by Gasteiger charge is -2.30. The van der Waals surface area contributed by atoms with Crippen LogP contribution in [-0.4, -0.2) is 30.6 Å². The lowest BCUT2D eigenvalue weighted by molar-refractivity contribution is -0.0451. The molecule has 2 nitrogen and oxygen atoms in total. The third kappa shape index (κ3) is 4.35. The second kappa shape index (κ2) is 6.81. The second-order valence-corrected chi connectivity index (χ2v) is 4.78. The molecule has 102 valence electrons. The van der Waals surface area contributed by atoms with Gasteiger partial charge in [-0.1, -0.05) is 30.3 Å². The molecule has 1 aromatic carbocycles. The van der Waals surface area contributed by atoms with Gasteiger partial charge in [0.1, 0.15) is 0 Å². The molecule has 0 saturated heterocycles. The van der Waals surface area contributed by atoms with Crippen molar-refractivity contribution in [2.24, 2.45) is 5.73 Å². The molecule has 0 aliphatic carbocycles. The average Bonchev–Trinajstić information content (AvgIpc) is 2.35. The lowest BCUT2D eigenvalue weighted by Crippen LogP contribution is -2.40. The van der Waals surface area contributed by atoms with Gasteiger partial charge in [-0.05, 0) is 33.4 Å². The number of nitrogens with zero attached hydrogens (tertiary/aromatic N) is 1. The van der Waals surface area contributed by atoms with E-state index in [4.69, 9.17) is 5.73 Å². The van der Waals surface area contributed by atoms with Crippen LogP contribution in [-0.2, 0) is 5.92 Å². The van der Waals surface area contributed by atoms with Crippen molar-refractivity contribution in [3.8, 4) is 0 Å². The fourth-order valence-corrected chi connectivity index (χ4v) is 1.84. The van der Waals surface area contributed by atoms with Gasteiger partial charge in [-0.2, -0.15) is 8.78 Å². The summed E-state index contributed by atoms with van der Waals surface area (Å²) in [6, 6.07) is 8.06. The van der Waals surface area contributed by atoms with Crippen LogP contribution in [0.3, 0.4) is 0 Å². The van der Waals surface area contributed by atoms with Crippen LogP contribution in [0.5, 0.6) is 0 Å². The second-order valence-electron chi connectivity index (χ2n) is 4.78. The highest BCUT2D eigenvalue weighted by molar-refractivity contribution is 5.20. The van der Waals surface area contributed by atoms with Crippen LogP contribution in [0.4, 0.5) is 8.78 Å². The summed E-state index contributed by atoms with van der Waals surface area (Å²) in [7, 11) is 0. The predicted molar refractivity (Wildman–Crippen MR) is 70.7 cm³/mol. The minimum absolute atomic E-state index is 0.0726. The van der Waals surface area contributed by atoms with E-state index < -0.39 is 5.92 Å². The summed E-state index contributed by atoms with van der Waals surface area (Å²) in [6.07, 6.45) is 0.739. The van der Waals surface area contributed by atoms with Crippen LogP contribution in [0.15, 0.2) is 30.3 Å². The minimum Gasteiger partial charge on any atom is -0.330 e. The Labute approximate surface area is 108 Å². The Morgan fingerprint density at radius 1 is 1.22 bits per heavy atom. The molecular formula is C14H22F2N2. The zero-order valence-electron chi connectivity index (χ0n) is 11.1. The van der Waals surface area contributed by atoms with Gasteiger partial charge in [-0.3, -0.25) is 4.90 Å². The van der Waals surface area contributed by atoms with E-state index in [-0.39, 0.29) is 18.2 Å². The summed E-state index contributed by atoms with van der Waals surface area (Å²) in [4.78, 5) is 1.78. The fraction of sp³-hybridized carbons (Fsp3) is 0.571. The quantitative estimate of drug-likeness (QED) is 0.813. The van der Waals surface area contributed by atoms with Crippen molar-refractivity contribution in [1.29, 1.82) is 0 Å². The molecule has 0 fully saturated rings. The Hall–Kier alpha value is -1.00. The topological polar surface area (TPSA) is 29.3 Å². The Balaban J connectivity index is 2.72. The van der Waals surface area contributed by atoms with Gasteiger partial charge in [-0.25, -0.2) is 0 Å². The van der Waals surface area contributed by atoms with Crippen molar-refractivity contribution in [2.45, 2.75) is 32.2 Å². The molecule has 0 saturated carbocycles. The van der Waals surface area contributed by atoms with Gasteiger partial charge in [0.05, 0.1) is 6.54 Å². The minimum atomic E-state index is -2.82. The third-order valence-electron chi connectivity index (χ3n) is 2.98. The van der Waals surface area contributed by atoms with E-state index in [2.05, 4.69) is 0 Å². The van der Waals surface area contributed by atoms with Crippen molar-refractivity contribution in [3.05, 3.63) is 35.9 Å². The molecule has 0 atom stereocenters. The molecule has 0 heterocycles. The summed E-state index contributed by atoms with van der Waals surface area (Å²) in [5, 5.41) is 0. The number of hydrogen-bond donors (Lipinski definition) is 1. The highest BCUT2D eigenvalue weighted by Crippen LogP contribution is 2.29. The summed E-state index contributed by atoms with van der Waals surface area (Å²) in [5.41, 5.74) is 5.51. The molecule has 2 N–H and O–H groups in total. The van der Waals surface area contributed by atoms with Gasteiger partial charge in [0.15, 0.2) is 0 Å². The van der Waals surface area contributed by atoms with Gasteiger partial charge >= 0.3 is 0 Å². The summed E-state index contributed by atoms with van der Waals surface area (Å²) >= 11 is 0. The molecule has 0 aromatic heterocycles. The summed E-state index contributed by atoms with van der Waals surface area (Å²) < 4.78 is 28.2. The molecule has 1 rings (SSSR count). The van der Waals surface area contributed by atoms with E-state index in [1.54, 1.807) is 23.1 Å². The fourth-order valence-electron chi connectivity index (χ4n) is 1.84. The van der Waals surface area contributed by atoms with E-state index in [9.17, 15) is 8.78 Å². The first kappa shape index (κ1) is 15.1. The van der Waals surface area contributed by atoms with Crippen LogP contribution in [0, 0.1) is 0 Å². The standard InChI is InChI=1S/C14H22F2N2/c1-12(2)18(10-6-9-17)11-14(15,16)13-7-4-3-5-8-13/h3-5,7-8,12H,6,9-11,17H2,1-2H3. The van der Waals surface area contributed by atoms with Crippen LogP contribution in [0.1, 0.15) is 25.8 Å². The number of nitrogens with two attached hydrogens (primary N) is 1. The van der Waals surface area contributed by atoms with Gasteiger partial charge < -0.3 is 5.73 Å². The monoisotopic (exact) mass is 256 g/mol. The Kier molecular flexibility index (Phi) is 5.69. The largest absolute Gasteiger partial charge is 0.330 e. The maximum Gasteiger partial charge on any atom is 0.285 e. The summed E-state index contributed by atoms with van der Waals surface area (Å²) in [6.45, 7) is 4.74. The smallest absolute Gasteiger partial charge is 0.285 e. The van der Waals surface area contributed by atoms with E-state index >= 15 is 0 Å². The zero-order chi connectivity index (χ0) is 13.6. The number of benzene rings is 1. The van der Waals surface area contributed by atoms with Crippen molar-refractivity contribution < 1.29 is 8.78 Å². The van der Waals surface area contributed by atoms with Crippen molar-refractivity contribution in [1.82, 2.24) is 4.90 Å². The van der Waals surface area contributed by atoms with E-state index in [0.29, 0.717) is 13.1 Å². The SMILES string of the molecule is CC(C)N(CCCN)CC(F)(F)c1ccccc1. The number of rotatable bonds is 7. The van der Waals surface area contributed by atoms with E-state index in [1.165, 1.54) is 12.1 Å². The first-order valence-corrected chi connectivity index (χ1v) is 6.35. The van der Waals surface area contributed by atoms with Crippen molar-refractivity contribution in [3.63, 3.8) is 0 Å². The van der Waals surface area contributed by atoms with Gasteiger partial charge in [0.2, 0.25) is 0 Å². The lowest BCUT2D eigenvalue weighted by atomic mass is 10.1. The molecule has 0 aliphatic rings. The highest BCUT2D eigenvalue weighted by atomic mass is 19.3. The Morgan fingerprint density at radius 3 is 2.33 bits per heavy atom. The Bertz CT molecular complexity index is 339. The highest BCUT2D eigenvalue weighted by Gasteiger charge is 2.34. The maximum atomic E-state index is 14.1. The van der Waals surface area contributed by atoms with Gasteiger partial charge in [-0.15, -0.1) is 0 Å². The average molecular weight is 256 g/mol. The molecule has 0 radical (unpaired) electrons. The molecule has 1 aromatic rings. The van der Waals surface area contributed by atoms with Gasteiger partial charge in [0.25, 0.3) is 5.92 Å². The molecular weight excluding hydrogens is 234 g/mol.